The van der Waals surface area contributed by atoms with Crippen LogP contribution in [0.3, 0.4) is 0 Å². The summed E-state index contributed by atoms with van der Waals surface area (Å²) in [6, 6.07) is 18.5. The molecule has 120 valence electrons. The molecule has 4 nitrogen and oxygen atoms in total. The molecule has 1 aliphatic heterocycles. The molecular formula is C19H18N4S. The lowest BCUT2D eigenvalue weighted by molar-refractivity contribution is 0.567. The quantitative estimate of drug-likeness (QED) is 0.742. The van der Waals surface area contributed by atoms with E-state index in [0.717, 1.165) is 16.5 Å². The van der Waals surface area contributed by atoms with Gasteiger partial charge in [-0.1, -0.05) is 24.3 Å². The minimum absolute atomic E-state index is 0.0151. The Labute approximate surface area is 146 Å². The van der Waals surface area contributed by atoms with Gasteiger partial charge in [-0.2, -0.15) is 0 Å². The number of hydrogen-bond acceptors (Lipinski definition) is 2. The van der Waals surface area contributed by atoms with Gasteiger partial charge in [0.1, 0.15) is 0 Å². The molecule has 2 aromatic heterocycles. The van der Waals surface area contributed by atoms with Crippen molar-refractivity contribution in [2.45, 2.75) is 12.1 Å². The number of para-hydroxylation sites is 1. The number of anilines is 1. The normalized spacial score (nSPS) is 20.2. The lowest BCUT2D eigenvalue weighted by atomic mass is 9.99. The first-order chi connectivity index (χ1) is 11.7. The summed E-state index contributed by atoms with van der Waals surface area (Å²) < 4.78 is 2.06. The molecule has 1 aromatic carbocycles. The molecule has 0 saturated carbocycles. The lowest BCUT2D eigenvalue weighted by Gasteiger charge is -2.27. The van der Waals surface area contributed by atoms with Gasteiger partial charge >= 0.3 is 0 Å². The summed E-state index contributed by atoms with van der Waals surface area (Å²) in [5.74, 6) is 0. The van der Waals surface area contributed by atoms with E-state index in [2.05, 4.69) is 50.4 Å². The van der Waals surface area contributed by atoms with Crippen LogP contribution in [0.5, 0.6) is 0 Å². The highest BCUT2D eigenvalue weighted by atomic mass is 32.1. The van der Waals surface area contributed by atoms with Gasteiger partial charge in [0.05, 0.1) is 17.8 Å². The molecule has 1 N–H and O–H groups in total. The van der Waals surface area contributed by atoms with Gasteiger partial charge in [0, 0.05) is 31.3 Å². The summed E-state index contributed by atoms with van der Waals surface area (Å²) in [5.41, 5.74) is 3.29. The van der Waals surface area contributed by atoms with Crippen LogP contribution in [-0.2, 0) is 7.05 Å². The van der Waals surface area contributed by atoms with Crippen molar-refractivity contribution in [2.75, 3.05) is 4.90 Å². The molecule has 0 unspecified atom stereocenters. The van der Waals surface area contributed by atoms with Crippen molar-refractivity contribution in [3.05, 3.63) is 84.4 Å². The largest absolute Gasteiger partial charge is 0.357 e. The second-order valence-corrected chi connectivity index (χ2v) is 6.33. The summed E-state index contributed by atoms with van der Waals surface area (Å²) >= 11 is 5.66. The average molecular weight is 334 g/mol. The molecule has 1 aliphatic rings. The third-order valence-electron chi connectivity index (χ3n) is 4.33. The summed E-state index contributed by atoms with van der Waals surface area (Å²) in [7, 11) is 2.03. The lowest BCUT2D eigenvalue weighted by Crippen LogP contribution is -2.29. The molecule has 5 heteroatoms. The molecule has 4 rings (SSSR count). The van der Waals surface area contributed by atoms with Crippen LogP contribution in [0.4, 0.5) is 5.69 Å². The average Bonchev–Trinajstić information content (AvgIpc) is 3.19. The van der Waals surface area contributed by atoms with Crippen molar-refractivity contribution in [1.29, 1.82) is 0 Å². The van der Waals surface area contributed by atoms with Crippen molar-refractivity contribution in [1.82, 2.24) is 14.9 Å². The number of aryl methyl sites for hydroxylation is 1. The van der Waals surface area contributed by atoms with E-state index in [4.69, 9.17) is 12.2 Å². The van der Waals surface area contributed by atoms with Crippen LogP contribution < -0.4 is 10.2 Å². The highest BCUT2D eigenvalue weighted by Crippen LogP contribution is 2.41. The number of nitrogens with zero attached hydrogens (tertiary/aromatic N) is 3. The van der Waals surface area contributed by atoms with Gasteiger partial charge in [0.25, 0.3) is 0 Å². The number of rotatable bonds is 3. The molecule has 0 amide bonds. The zero-order chi connectivity index (χ0) is 16.5. The minimum Gasteiger partial charge on any atom is -0.357 e. The van der Waals surface area contributed by atoms with E-state index in [0.29, 0.717) is 0 Å². The molecule has 2 atom stereocenters. The molecule has 1 fully saturated rings. The van der Waals surface area contributed by atoms with Gasteiger partial charge in [-0.3, -0.25) is 4.98 Å². The molecule has 1 saturated heterocycles. The second-order valence-electron chi connectivity index (χ2n) is 5.94. The number of aromatic nitrogens is 2. The Balaban J connectivity index is 1.82. The molecule has 3 aromatic rings. The Morgan fingerprint density at radius 1 is 1.04 bits per heavy atom. The van der Waals surface area contributed by atoms with Gasteiger partial charge in [-0.05, 0) is 48.1 Å². The van der Waals surface area contributed by atoms with Gasteiger partial charge in [0.15, 0.2) is 5.11 Å². The topological polar surface area (TPSA) is 33.1 Å². The Morgan fingerprint density at radius 3 is 2.50 bits per heavy atom. The van der Waals surface area contributed by atoms with Crippen molar-refractivity contribution >= 4 is 23.0 Å². The van der Waals surface area contributed by atoms with Crippen molar-refractivity contribution in [2.24, 2.45) is 7.05 Å². The summed E-state index contributed by atoms with van der Waals surface area (Å²) in [6.07, 6.45) is 6.04. The van der Waals surface area contributed by atoms with E-state index < -0.39 is 0 Å². The zero-order valence-corrected chi connectivity index (χ0v) is 14.1. The third kappa shape index (κ3) is 2.57. The zero-order valence-electron chi connectivity index (χ0n) is 13.3. The first kappa shape index (κ1) is 14.9. The van der Waals surface area contributed by atoms with Crippen LogP contribution in [0.2, 0.25) is 0 Å². The minimum atomic E-state index is 0.0151. The van der Waals surface area contributed by atoms with Gasteiger partial charge in [-0.15, -0.1) is 0 Å². The van der Waals surface area contributed by atoms with Crippen LogP contribution in [0.1, 0.15) is 23.3 Å². The van der Waals surface area contributed by atoms with Crippen LogP contribution in [0.25, 0.3) is 0 Å². The first-order valence-corrected chi connectivity index (χ1v) is 8.32. The van der Waals surface area contributed by atoms with Gasteiger partial charge in [0.2, 0.25) is 0 Å². The van der Waals surface area contributed by atoms with E-state index in [1.807, 2.05) is 49.6 Å². The summed E-state index contributed by atoms with van der Waals surface area (Å²) in [6.45, 7) is 0. The predicted molar refractivity (Wildman–Crippen MR) is 99.8 cm³/mol. The van der Waals surface area contributed by atoms with E-state index in [1.165, 1.54) is 5.56 Å². The van der Waals surface area contributed by atoms with E-state index in [9.17, 15) is 0 Å². The predicted octanol–water partition coefficient (Wildman–Crippen LogP) is 3.60. The van der Waals surface area contributed by atoms with E-state index in [1.54, 1.807) is 0 Å². The molecule has 0 spiro atoms. The van der Waals surface area contributed by atoms with Crippen molar-refractivity contribution < 1.29 is 0 Å². The molecular weight excluding hydrogens is 316 g/mol. The number of hydrogen-bond donors (Lipinski definition) is 1. The van der Waals surface area contributed by atoms with Crippen molar-refractivity contribution in [3.8, 4) is 0 Å². The van der Waals surface area contributed by atoms with Crippen LogP contribution in [0.15, 0.2) is 73.2 Å². The van der Waals surface area contributed by atoms with Crippen LogP contribution in [0, 0.1) is 0 Å². The fourth-order valence-corrected chi connectivity index (χ4v) is 3.61. The van der Waals surface area contributed by atoms with Gasteiger partial charge < -0.3 is 14.8 Å². The molecule has 24 heavy (non-hydrogen) atoms. The smallest absolute Gasteiger partial charge is 0.174 e. The Hall–Kier alpha value is -2.66. The number of thiocarbonyl (C=S) groups is 1. The molecule has 0 radical (unpaired) electrons. The molecule has 0 bridgehead atoms. The van der Waals surface area contributed by atoms with Gasteiger partial charge in [-0.25, -0.2) is 0 Å². The van der Waals surface area contributed by atoms with Crippen LogP contribution >= 0.6 is 12.2 Å². The Bertz CT molecular complexity index is 844. The highest BCUT2D eigenvalue weighted by molar-refractivity contribution is 7.80. The Kier molecular flexibility index (Phi) is 3.78. The monoisotopic (exact) mass is 334 g/mol. The summed E-state index contributed by atoms with van der Waals surface area (Å²) in [4.78, 5) is 6.73. The SMILES string of the molecule is Cn1ccc([C@@H]2[C@H](c3ccccn3)NC(=S)N2c2ccccc2)c1. The molecule has 3 heterocycles. The first-order valence-electron chi connectivity index (χ1n) is 7.91. The maximum atomic E-state index is 5.66. The second kappa shape index (κ2) is 6.09. The van der Waals surface area contributed by atoms with Crippen LogP contribution in [-0.4, -0.2) is 14.7 Å². The molecule has 0 aliphatic carbocycles. The van der Waals surface area contributed by atoms with Crippen molar-refractivity contribution in [3.63, 3.8) is 0 Å². The standard InChI is InChI=1S/C19H18N4S/c1-22-12-10-14(13-22)18-17(16-9-5-6-11-20-16)21-19(24)23(18)15-7-3-2-4-8-15/h2-13,17-18H,1H3,(H,21,24)/t17-,18+/m0/s1. The maximum absolute atomic E-state index is 5.66. The summed E-state index contributed by atoms with van der Waals surface area (Å²) in [5, 5.41) is 4.19. The fourth-order valence-electron chi connectivity index (χ4n) is 3.26. The Morgan fingerprint density at radius 2 is 1.83 bits per heavy atom. The third-order valence-corrected chi connectivity index (χ3v) is 4.64. The van der Waals surface area contributed by atoms with E-state index in [-0.39, 0.29) is 12.1 Å². The number of pyridine rings is 1. The maximum Gasteiger partial charge on any atom is 0.174 e. The van der Waals surface area contributed by atoms with E-state index >= 15 is 0 Å². The fraction of sp³-hybridized carbons (Fsp3) is 0.158. The number of nitrogens with one attached hydrogen (secondary N) is 1. The number of benzene rings is 1. The highest BCUT2D eigenvalue weighted by Gasteiger charge is 2.40.